The van der Waals surface area contributed by atoms with E-state index in [1.54, 1.807) is 6.07 Å². The van der Waals surface area contributed by atoms with Gasteiger partial charge in [-0.05, 0) is 6.07 Å². The second-order valence-electron chi connectivity index (χ2n) is 4.79. The standard InChI is InChI=1S/C14H17ClN2O4/c15-11-4-2-1-3-10(11)12-8-17(5-6-21-12)9-13(18)16-7-14(19)20/h1-4,12H,5-9H2,(H,16,18)(H,19,20). The van der Waals surface area contributed by atoms with Crippen LogP contribution >= 0.6 is 11.6 Å². The Morgan fingerprint density at radius 1 is 1.43 bits per heavy atom. The van der Waals surface area contributed by atoms with E-state index in [-0.39, 0.29) is 25.1 Å². The third-order valence-corrected chi connectivity index (χ3v) is 3.55. The predicted molar refractivity (Wildman–Crippen MR) is 77.2 cm³/mol. The zero-order chi connectivity index (χ0) is 15.2. The Balaban J connectivity index is 1.90. The second kappa shape index (κ2) is 7.40. The maximum absolute atomic E-state index is 11.6. The van der Waals surface area contributed by atoms with Gasteiger partial charge in [0.25, 0.3) is 0 Å². The number of rotatable bonds is 5. The summed E-state index contributed by atoms with van der Waals surface area (Å²) < 4.78 is 5.70. The van der Waals surface area contributed by atoms with Gasteiger partial charge in [-0.2, -0.15) is 0 Å². The van der Waals surface area contributed by atoms with E-state index in [0.29, 0.717) is 24.7 Å². The fraction of sp³-hybridized carbons (Fsp3) is 0.429. The summed E-state index contributed by atoms with van der Waals surface area (Å²) in [6.07, 6.45) is -0.181. The Morgan fingerprint density at radius 2 is 2.19 bits per heavy atom. The molecule has 2 N–H and O–H groups in total. The SMILES string of the molecule is O=C(O)CNC(=O)CN1CCOC(c2ccccc2Cl)C1. The van der Waals surface area contributed by atoms with Crippen molar-refractivity contribution in [3.63, 3.8) is 0 Å². The van der Waals surface area contributed by atoms with E-state index >= 15 is 0 Å². The van der Waals surface area contributed by atoms with Crippen molar-refractivity contribution < 1.29 is 19.4 Å². The van der Waals surface area contributed by atoms with Crippen LogP contribution in [0.4, 0.5) is 0 Å². The van der Waals surface area contributed by atoms with Crippen molar-refractivity contribution in [1.29, 1.82) is 0 Å². The van der Waals surface area contributed by atoms with Crippen LogP contribution in [0.3, 0.4) is 0 Å². The minimum absolute atomic E-state index is 0.150. The summed E-state index contributed by atoms with van der Waals surface area (Å²) >= 11 is 6.15. The van der Waals surface area contributed by atoms with Gasteiger partial charge in [-0.15, -0.1) is 0 Å². The maximum atomic E-state index is 11.6. The van der Waals surface area contributed by atoms with Crippen LogP contribution < -0.4 is 5.32 Å². The van der Waals surface area contributed by atoms with Gasteiger partial charge in [0, 0.05) is 23.7 Å². The highest BCUT2D eigenvalue weighted by atomic mass is 35.5. The number of nitrogens with zero attached hydrogens (tertiary/aromatic N) is 1. The van der Waals surface area contributed by atoms with E-state index in [1.807, 2.05) is 23.1 Å². The Kier molecular flexibility index (Phi) is 5.55. The molecule has 0 radical (unpaired) electrons. The molecule has 1 saturated heterocycles. The lowest BCUT2D eigenvalue weighted by molar-refractivity contribution is -0.138. The van der Waals surface area contributed by atoms with Gasteiger partial charge < -0.3 is 15.2 Å². The van der Waals surface area contributed by atoms with Crippen molar-refractivity contribution in [2.75, 3.05) is 32.8 Å². The quantitative estimate of drug-likeness (QED) is 0.845. The number of benzene rings is 1. The zero-order valence-corrected chi connectivity index (χ0v) is 12.2. The largest absolute Gasteiger partial charge is 0.480 e. The maximum Gasteiger partial charge on any atom is 0.322 e. The van der Waals surface area contributed by atoms with E-state index in [9.17, 15) is 9.59 Å². The van der Waals surface area contributed by atoms with Crippen LogP contribution in [-0.4, -0.2) is 54.7 Å². The number of aliphatic carboxylic acids is 1. The molecule has 2 rings (SSSR count). The number of carbonyl (C=O) groups excluding carboxylic acids is 1. The number of hydrogen-bond donors (Lipinski definition) is 2. The molecule has 7 heteroatoms. The number of halogens is 1. The van der Waals surface area contributed by atoms with Crippen LogP contribution in [0, 0.1) is 0 Å². The Hall–Kier alpha value is -1.63. The number of ether oxygens (including phenoxy) is 1. The summed E-state index contributed by atoms with van der Waals surface area (Å²) in [6.45, 7) is 1.46. The van der Waals surface area contributed by atoms with Crippen LogP contribution in [0.15, 0.2) is 24.3 Å². The third kappa shape index (κ3) is 4.70. The molecule has 0 aliphatic carbocycles. The first-order valence-electron chi connectivity index (χ1n) is 6.63. The molecule has 1 aliphatic rings. The van der Waals surface area contributed by atoms with Crippen molar-refractivity contribution in [2.45, 2.75) is 6.10 Å². The predicted octanol–water partition coefficient (Wildman–Crippen LogP) is 0.914. The van der Waals surface area contributed by atoms with Gasteiger partial charge in [-0.1, -0.05) is 29.8 Å². The molecule has 0 bridgehead atoms. The van der Waals surface area contributed by atoms with Crippen LogP contribution in [0.1, 0.15) is 11.7 Å². The number of morpholine rings is 1. The molecule has 1 aromatic rings. The summed E-state index contributed by atoms with van der Waals surface area (Å²) in [6, 6.07) is 7.45. The summed E-state index contributed by atoms with van der Waals surface area (Å²) in [5.74, 6) is -1.36. The Morgan fingerprint density at radius 3 is 2.90 bits per heavy atom. The van der Waals surface area contributed by atoms with E-state index in [1.165, 1.54) is 0 Å². The van der Waals surface area contributed by atoms with Gasteiger partial charge >= 0.3 is 5.97 Å². The minimum atomic E-state index is -1.06. The van der Waals surface area contributed by atoms with Gasteiger partial charge in [0.15, 0.2) is 0 Å². The second-order valence-corrected chi connectivity index (χ2v) is 5.19. The summed E-state index contributed by atoms with van der Waals surface area (Å²) in [7, 11) is 0. The number of hydrogen-bond acceptors (Lipinski definition) is 4. The third-order valence-electron chi connectivity index (χ3n) is 3.21. The Labute approximate surface area is 127 Å². The first-order valence-corrected chi connectivity index (χ1v) is 7.01. The van der Waals surface area contributed by atoms with Gasteiger partial charge in [-0.25, -0.2) is 0 Å². The average molecular weight is 313 g/mol. The molecule has 21 heavy (non-hydrogen) atoms. The number of amides is 1. The van der Waals surface area contributed by atoms with E-state index in [4.69, 9.17) is 21.4 Å². The highest BCUT2D eigenvalue weighted by Crippen LogP contribution is 2.28. The van der Waals surface area contributed by atoms with Gasteiger partial charge in [0.05, 0.1) is 19.3 Å². The lowest BCUT2D eigenvalue weighted by atomic mass is 10.1. The summed E-state index contributed by atoms with van der Waals surface area (Å²) in [4.78, 5) is 24.0. The first kappa shape index (κ1) is 15.8. The lowest BCUT2D eigenvalue weighted by Gasteiger charge is -2.32. The van der Waals surface area contributed by atoms with Crippen molar-refractivity contribution in [1.82, 2.24) is 10.2 Å². The van der Waals surface area contributed by atoms with Gasteiger partial charge in [0.2, 0.25) is 5.91 Å². The van der Waals surface area contributed by atoms with Gasteiger partial charge in [0.1, 0.15) is 6.54 Å². The van der Waals surface area contributed by atoms with Gasteiger partial charge in [-0.3, -0.25) is 14.5 Å². The monoisotopic (exact) mass is 312 g/mol. The van der Waals surface area contributed by atoms with Crippen molar-refractivity contribution in [3.05, 3.63) is 34.9 Å². The molecular weight excluding hydrogens is 296 g/mol. The number of carboxylic acid groups (broad SMARTS) is 1. The van der Waals surface area contributed by atoms with E-state index in [0.717, 1.165) is 5.56 Å². The van der Waals surface area contributed by atoms with Crippen LogP contribution in [-0.2, 0) is 14.3 Å². The topological polar surface area (TPSA) is 78.9 Å². The highest BCUT2D eigenvalue weighted by Gasteiger charge is 2.24. The molecule has 1 atom stereocenters. The van der Waals surface area contributed by atoms with E-state index < -0.39 is 5.97 Å². The molecule has 1 aliphatic heterocycles. The van der Waals surface area contributed by atoms with Crippen molar-refractivity contribution in [3.8, 4) is 0 Å². The smallest absolute Gasteiger partial charge is 0.322 e. The molecule has 1 unspecified atom stereocenters. The normalized spacial score (nSPS) is 19.2. The first-order chi connectivity index (χ1) is 10.1. The highest BCUT2D eigenvalue weighted by molar-refractivity contribution is 6.31. The Bertz CT molecular complexity index is 523. The lowest BCUT2D eigenvalue weighted by Crippen LogP contribution is -2.45. The molecule has 1 heterocycles. The molecule has 0 spiro atoms. The molecule has 1 aromatic carbocycles. The summed E-state index contributed by atoms with van der Waals surface area (Å²) in [5.41, 5.74) is 0.898. The fourth-order valence-electron chi connectivity index (χ4n) is 2.20. The van der Waals surface area contributed by atoms with Crippen LogP contribution in [0.5, 0.6) is 0 Å². The molecule has 1 fully saturated rings. The molecule has 0 aromatic heterocycles. The summed E-state index contributed by atoms with van der Waals surface area (Å²) in [5, 5.41) is 11.5. The molecule has 114 valence electrons. The minimum Gasteiger partial charge on any atom is -0.480 e. The number of carboxylic acids is 1. The molecular formula is C14H17ClN2O4. The van der Waals surface area contributed by atoms with E-state index in [2.05, 4.69) is 5.32 Å². The fourth-order valence-corrected chi connectivity index (χ4v) is 2.46. The van der Waals surface area contributed by atoms with Crippen LogP contribution in [0.25, 0.3) is 0 Å². The van der Waals surface area contributed by atoms with Crippen molar-refractivity contribution in [2.24, 2.45) is 0 Å². The number of nitrogens with one attached hydrogen (secondary N) is 1. The zero-order valence-electron chi connectivity index (χ0n) is 11.4. The van der Waals surface area contributed by atoms with Crippen molar-refractivity contribution >= 4 is 23.5 Å². The average Bonchev–Trinajstić information content (AvgIpc) is 2.46. The molecule has 6 nitrogen and oxygen atoms in total. The molecule has 1 amide bonds. The molecule has 0 saturated carbocycles. The van der Waals surface area contributed by atoms with Crippen LogP contribution in [0.2, 0.25) is 5.02 Å². The number of carbonyl (C=O) groups is 2.